The number of nitrogens with zero attached hydrogens (tertiary/aromatic N) is 4. The van der Waals surface area contributed by atoms with Crippen LogP contribution in [0, 0.1) is 5.92 Å². The van der Waals surface area contributed by atoms with Crippen LogP contribution in [0.2, 0.25) is 0 Å². The van der Waals surface area contributed by atoms with E-state index in [1.165, 1.54) is 0 Å². The smallest absolute Gasteiger partial charge is 0.160 e. The van der Waals surface area contributed by atoms with Crippen molar-refractivity contribution >= 4 is 34.4 Å². The van der Waals surface area contributed by atoms with Gasteiger partial charge >= 0.3 is 0 Å². The van der Waals surface area contributed by atoms with Gasteiger partial charge in [-0.1, -0.05) is 188 Å². The van der Waals surface area contributed by atoms with Crippen LogP contribution in [0.15, 0.2) is 232 Å². The first-order valence-electron chi connectivity index (χ1n) is 20.9. The Morgan fingerprint density at radius 2 is 1.15 bits per heavy atom. The summed E-state index contributed by atoms with van der Waals surface area (Å²) >= 11 is 0. The summed E-state index contributed by atoms with van der Waals surface area (Å²) in [6, 6.07) is 62.8. The Morgan fingerprint density at radius 1 is 0.581 bits per heavy atom. The molecule has 0 fully saturated rings. The summed E-state index contributed by atoms with van der Waals surface area (Å²) < 4.78 is 6.94. The molecule has 0 radical (unpaired) electrons. The second-order valence-electron chi connectivity index (χ2n) is 15.4. The summed E-state index contributed by atoms with van der Waals surface area (Å²) in [5.41, 5.74) is 14.5. The summed E-state index contributed by atoms with van der Waals surface area (Å²) in [7, 11) is 0. The maximum atomic E-state index is 6.94. The van der Waals surface area contributed by atoms with Crippen LogP contribution in [0.3, 0.4) is 0 Å². The number of para-hydroxylation sites is 2. The highest BCUT2D eigenvalue weighted by molar-refractivity contribution is 6.13. The average molecular weight is 799 g/mol. The molecule has 0 bridgehead atoms. The topological polar surface area (TPSA) is 63.6 Å². The van der Waals surface area contributed by atoms with Crippen LogP contribution in [0.5, 0.6) is 0 Å². The van der Waals surface area contributed by atoms with Gasteiger partial charge in [0, 0.05) is 50.2 Å². The van der Waals surface area contributed by atoms with Crippen LogP contribution in [-0.2, 0) is 6.54 Å². The SMILES string of the molecule is C=N/C(=C\C(=NCc1cccc(-c2cccc3c2oc2c(-c4cccc(-c5nc(-c6ccccc6)cc(-c6ccccc6)n5)c4)cccc23)c1)c1ccccc1)C1C=CC=CC1. The molecule has 0 aliphatic heterocycles. The molecule has 7 aromatic carbocycles. The Morgan fingerprint density at radius 3 is 1.76 bits per heavy atom. The van der Waals surface area contributed by atoms with Crippen molar-refractivity contribution in [1.29, 1.82) is 0 Å². The normalized spacial score (nSPS) is 14.1. The minimum absolute atomic E-state index is 0.169. The van der Waals surface area contributed by atoms with Crippen molar-refractivity contribution in [3.05, 3.63) is 229 Å². The van der Waals surface area contributed by atoms with E-state index in [2.05, 4.69) is 169 Å². The second kappa shape index (κ2) is 17.3. The highest BCUT2D eigenvalue weighted by atomic mass is 16.3. The zero-order valence-electron chi connectivity index (χ0n) is 34.1. The van der Waals surface area contributed by atoms with Crippen LogP contribution in [-0.4, -0.2) is 22.4 Å². The van der Waals surface area contributed by atoms with Gasteiger partial charge in [0.1, 0.15) is 11.2 Å². The molecule has 0 amide bonds. The summed E-state index contributed by atoms with van der Waals surface area (Å²) in [5, 5.41) is 2.13. The van der Waals surface area contributed by atoms with Crippen molar-refractivity contribution in [3.63, 3.8) is 0 Å². The fourth-order valence-electron chi connectivity index (χ4n) is 8.24. The second-order valence-corrected chi connectivity index (χ2v) is 15.4. The van der Waals surface area contributed by atoms with Crippen molar-refractivity contribution in [2.45, 2.75) is 13.0 Å². The zero-order valence-corrected chi connectivity index (χ0v) is 34.1. The van der Waals surface area contributed by atoms with Gasteiger partial charge in [0.05, 0.1) is 23.6 Å². The van der Waals surface area contributed by atoms with Gasteiger partial charge in [0.25, 0.3) is 0 Å². The summed E-state index contributed by atoms with van der Waals surface area (Å²) in [5.74, 6) is 0.835. The van der Waals surface area contributed by atoms with Gasteiger partial charge in [-0.15, -0.1) is 0 Å². The lowest BCUT2D eigenvalue weighted by molar-refractivity contribution is 0.671. The van der Waals surface area contributed by atoms with E-state index in [-0.39, 0.29) is 5.92 Å². The molecule has 0 N–H and O–H groups in total. The highest BCUT2D eigenvalue weighted by Gasteiger charge is 2.18. The van der Waals surface area contributed by atoms with Crippen molar-refractivity contribution in [2.75, 3.05) is 0 Å². The van der Waals surface area contributed by atoms with E-state index in [0.717, 1.165) is 101 Å². The predicted molar refractivity (Wildman–Crippen MR) is 257 cm³/mol. The van der Waals surface area contributed by atoms with E-state index in [0.29, 0.717) is 12.4 Å². The van der Waals surface area contributed by atoms with E-state index in [1.54, 1.807) is 0 Å². The molecule has 0 saturated heterocycles. The molecule has 296 valence electrons. The summed E-state index contributed by atoms with van der Waals surface area (Å²) in [6.07, 6.45) is 11.5. The lowest BCUT2D eigenvalue weighted by Gasteiger charge is -2.14. The van der Waals surface area contributed by atoms with E-state index in [1.807, 2.05) is 54.6 Å². The molecular weight excluding hydrogens is 757 g/mol. The average Bonchev–Trinajstić information content (AvgIpc) is 3.74. The molecule has 62 heavy (non-hydrogen) atoms. The third-order valence-electron chi connectivity index (χ3n) is 11.4. The molecule has 9 aromatic rings. The molecule has 2 heterocycles. The summed E-state index contributed by atoms with van der Waals surface area (Å²) in [4.78, 5) is 19.8. The number of aliphatic imine (C=N–C) groups is 2. The first kappa shape index (κ1) is 38.2. The first-order chi connectivity index (χ1) is 30.7. The maximum absolute atomic E-state index is 6.94. The van der Waals surface area contributed by atoms with E-state index < -0.39 is 0 Å². The standard InChI is InChI=1S/C57H42N4O/c1-58-51(40-19-6-2-7-20-40)36-52(41-21-8-3-9-22-41)59-38-39-18-14-27-44(34-39)47-30-16-32-49-50-33-17-31-48(56(50)62-55(47)49)45-28-15-29-46(35-45)57-60-53(42-23-10-4-11-24-42)37-54(61-57)43-25-12-5-13-26-43/h2-19,21-37,40H,1,20,38H2/b51-36-,59-52?. The Bertz CT molecular complexity index is 3140. The van der Waals surface area contributed by atoms with Crippen molar-refractivity contribution in [1.82, 2.24) is 9.97 Å². The Balaban J connectivity index is 1.01. The molecule has 1 aliphatic carbocycles. The molecular formula is C57H42N4O. The Kier molecular flexibility index (Phi) is 10.7. The predicted octanol–water partition coefficient (Wildman–Crippen LogP) is 14.4. The van der Waals surface area contributed by atoms with Crippen LogP contribution in [0.4, 0.5) is 0 Å². The summed E-state index contributed by atoms with van der Waals surface area (Å²) in [6.45, 7) is 4.41. The molecule has 1 unspecified atom stereocenters. The molecule has 5 nitrogen and oxygen atoms in total. The van der Waals surface area contributed by atoms with Crippen molar-refractivity contribution in [2.24, 2.45) is 15.9 Å². The van der Waals surface area contributed by atoms with Gasteiger partial charge in [-0.05, 0) is 59.7 Å². The quantitative estimate of drug-likeness (QED) is 0.122. The number of furan rings is 1. The van der Waals surface area contributed by atoms with Gasteiger partial charge in [-0.25, -0.2) is 9.97 Å². The Hall–Kier alpha value is -8.02. The molecule has 0 saturated carbocycles. The van der Waals surface area contributed by atoms with Gasteiger partial charge in [-0.3, -0.25) is 9.98 Å². The number of hydrogen-bond acceptors (Lipinski definition) is 5. The molecule has 5 heteroatoms. The number of benzene rings is 7. The number of hydrogen-bond donors (Lipinski definition) is 0. The third-order valence-corrected chi connectivity index (χ3v) is 11.4. The molecule has 1 atom stereocenters. The van der Waals surface area contributed by atoms with Crippen LogP contribution in [0.1, 0.15) is 17.5 Å². The number of fused-ring (bicyclic) bond motifs is 3. The fraction of sp³-hybridized carbons (Fsp3) is 0.0526. The zero-order chi connectivity index (χ0) is 41.7. The lowest BCUT2D eigenvalue weighted by Crippen LogP contribution is -2.05. The van der Waals surface area contributed by atoms with Crippen LogP contribution < -0.4 is 0 Å². The third kappa shape index (κ3) is 7.87. The van der Waals surface area contributed by atoms with Crippen molar-refractivity contribution in [3.8, 4) is 56.2 Å². The van der Waals surface area contributed by atoms with E-state index in [9.17, 15) is 0 Å². The van der Waals surface area contributed by atoms with Gasteiger partial charge in [-0.2, -0.15) is 0 Å². The maximum Gasteiger partial charge on any atom is 0.160 e. The number of allylic oxidation sites excluding steroid dienone is 5. The van der Waals surface area contributed by atoms with E-state index >= 15 is 0 Å². The van der Waals surface area contributed by atoms with Crippen molar-refractivity contribution < 1.29 is 4.42 Å². The number of rotatable bonds is 11. The monoisotopic (exact) mass is 798 g/mol. The van der Waals surface area contributed by atoms with Gasteiger partial charge in [0.15, 0.2) is 5.82 Å². The van der Waals surface area contributed by atoms with Gasteiger partial charge < -0.3 is 4.42 Å². The van der Waals surface area contributed by atoms with Crippen LogP contribution in [0.25, 0.3) is 78.1 Å². The minimum Gasteiger partial charge on any atom is -0.455 e. The highest BCUT2D eigenvalue weighted by Crippen LogP contribution is 2.41. The fourth-order valence-corrected chi connectivity index (χ4v) is 8.24. The number of aromatic nitrogens is 2. The van der Waals surface area contributed by atoms with Gasteiger partial charge in [0.2, 0.25) is 0 Å². The molecule has 2 aromatic heterocycles. The van der Waals surface area contributed by atoms with Crippen LogP contribution >= 0.6 is 0 Å². The minimum atomic E-state index is 0.169. The Labute approximate surface area is 361 Å². The molecule has 10 rings (SSSR count). The van der Waals surface area contributed by atoms with E-state index in [4.69, 9.17) is 19.4 Å². The lowest BCUT2D eigenvalue weighted by atomic mass is 9.95. The molecule has 0 spiro atoms. The largest absolute Gasteiger partial charge is 0.455 e. The first-order valence-corrected chi connectivity index (χ1v) is 20.9. The molecule has 1 aliphatic rings.